The maximum atomic E-state index is 8.78. The average Bonchev–Trinajstić information content (AvgIpc) is 2.67. The van der Waals surface area contributed by atoms with Crippen molar-refractivity contribution in [3.8, 4) is 17.3 Å². The monoisotopic (exact) mass is 240 g/mol. The fraction of sp³-hybridized carbons (Fsp3) is 0.286. The van der Waals surface area contributed by atoms with Crippen molar-refractivity contribution in [2.75, 3.05) is 5.73 Å². The number of nitrogen functional groups attached to an aromatic ring is 1. The molecule has 92 valence electrons. The number of hydrogen-bond acceptors (Lipinski definition) is 3. The summed E-state index contributed by atoms with van der Waals surface area (Å²) in [5.41, 5.74) is 8.51. The molecule has 0 aliphatic heterocycles. The molecule has 0 saturated carbocycles. The van der Waals surface area contributed by atoms with E-state index in [2.05, 4.69) is 18.0 Å². The van der Waals surface area contributed by atoms with E-state index in [1.54, 1.807) is 12.1 Å². The second-order valence-electron chi connectivity index (χ2n) is 4.23. The lowest BCUT2D eigenvalue weighted by Gasteiger charge is -2.05. The average molecular weight is 240 g/mol. The number of anilines is 1. The van der Waals surface area contributed by atoms with Crippen LogP contribution in [0.15, 0.2) is 24.3 Å². The predicted molar refractivity (Wildman–Crippen MR) is 71.8 cm³/mol. The molecule has 1 aromatic carbocycles. The Kier molecular flexibility index (Phi) is 3.33. The zero-order chi connectivity index (χ0) is 13.1. The Morgan fingerprint density at radius 2 is 2.00 bits per heavy atom. The molecule has 0 spiro atoms. The number of hydrogen-bond donors (Lipinski definition) is 1. The van der Waals surface area contributed by atoms with Crippen LogP contribution < -0.4 is 5.73 Å². The highest BCUT2D eigenvalue weighted by Gasteiger charge is 2.12. The summed E-state index contributed by atoms with van der Waals surface area (Å²) in [6.45, 7) is 4.94. The van der Waals surface area contributed by atoms with Crippen LogP contribution in [0.25, 0.3) is 11.3 Å². The molecule has 1 heterocycles. The highest BCUT2D eigenvalue weighted by Crippen LogP contribution is 2.26. The standard InChI is InChI=1S/C14H16N4/c1-3-8-18-10(2)17-13(14(18)16)12-6-4-11(9-15)5-7-12/h4-7H,3,8,16H2,1-2H3. The van der Waals surface area contributed by atoms with E-state index in [-0.39, 0.29) is 0 Å². The number of nitriles is 1. The van der Waals surface area contributed by atoms with E-state index in [0.717, 1.165) is 30.0 Å². The first-order chi connectivity index (χ1) is 8.67. The molecule has 4 nitrogen and oxygen atoms in total. The topological polar surface area (TPSA) is 67.6 Å². The zero-order valence-corrected chi connectivity index (χ0v) is 10.6. The first-order valence-corrected chi connectivity index (χ1v) is 6.00. The van der Waals surface area contributed by atoms with Gasteiger partial charge in [0.25, 0.3) is 0 Å². The fourth-order valence-electron chi connectivity index (χ4n) is 2.00. The van der Waals surface area contributed by atoms with Crippen molar-refractivity contribution in [1.29, 1.82) is 5.26 Å². The number of aromatic nitrogens is 2. The van der Waals surface area contributed by atoms with Crippen LogP contribution >= 0.6 is 0 Å². The van der Waals surface area contributed by atoms with E-state index in [4.69, 9.17) is 11.0 Å². The Hall–Kier alpha value is -2.28. The van der Waals surface area contributed by atoms with Gasteiger partial charge >= 0.3 is 0 Å². The molecule has 0 bridgehead atoms. The number of imidazole rings is 1. The third-order valence-electron chi connectivity index (χ3n) is 2.93. The predicted octanol–water partition coefficient (Wildman–Crippen LogP) is 2.72. The Morgan fingerprint density at radius 1 is 1.33 bits per heavy atom. The number of aryl methyl sites for hydroxylation is 1. The number of nitrogens with two attached hydrogens (primary N) is 1. The fourth-order valence-corrected chi connectivity index (χ4v) is 2.00. The molecular weight excluding hydrogens is 224 g/mol. The van der Waals surface area contributed by atoms with Gasteiger partial charge in [0, 0.05) is 12.1 Å². The van der Waals surface area contributed by atoms with Crippen LogP contribution in [-0.4, -0.2) is 9.55 Å². The van der Waals surface area contributed by atoms with Gasteiger partial charge in [-0.05, 0) is 25.5 Å². The van der Waals surface area contributed by atoms with E-state index in [9.17, 15) is 0 Å². The first-order valence-electron chi connectivity index (χ1n) is 6.00. The number of benzene rings is 1. The second-order valence-corrected chi connectivity index (χ2v) is 4.23. The maximum absolute atomic E-state index is 8.78. The van der Waals surface area contributed by atoms with Crippen molar-refractivity contribution < 1.29 is 0 Å². The second kappa shape index (κ2) is 4.92. The van der Waals surface area contributed by atoms with Crippen LogP contribution in [0, 0.1) is 18.3 Å². The van der Waals surface area contributed by atoms with Gasteiger partial charge in [-0.1, -0.05) is 19.1 Å². The molecule has 2 aromatic rings. The lowest BCUT2D eigenvalue weighted by molar-refractivity contribution is 0.665. The summed E-state index contributed by atoms with van der Waals surface area (Å²) in [5.74, 6) is 1.62. The molecule has 2 rings (SSSR count). The van der Waals surface area contributed by atoms with Gasteiger partial charge in [0.2, 0.25) is 0 Å². The van der Waals surface area contributed by atoms with Crippen molar-refractivity contribution >= 4 is 5.82 Å². The van der Waals surface area contributed by atoms with Crippen molar-refractivity contribution in [2.45, 2.75) is 26.8 Å². The Morgan fingerprint density at radius 3 is 2.56 bits per heavy atom. The molecule has 4 heteroatoms. The van der Waals surface area contributed by atoms with Crippen LogP contribution in [0.2, 0.25) is 0 Å². The first kappa shape index (κ1) is 12.2. The van der Waals surface area contributed by atoms with Crippen molar-refractivity contribution in [3.05, 3.63) is 35.7 Å². The lowest BCUT2D eigenvalue weighted by Crippen LogP contribution is -2.04. The number of rotatable bonds is 3. The summed E-state index contributed by atoms with van der Waals surface area (Å²) in [5, 5.41) is 8.78. The lowest BCUT2D eigenvalue weighted by atomic mass is 10.1. The van der Waals surface area contributed by atoms with Crippen molar-refractivity contribution in [2.24, 2.45) is 0 Å². The van der Waals surface area contributed by atoms with E-state index in [1.165, 1.54) is 0 Å². The third-order valence-corrected chi connectivity index (χ3v) is 2.93. The van der Waals surface area contributed by atoms with Crippen molar-refractivity contribution in [1.82, 2.24) is 9.55 Å². The largest absolute Gasteiger partial charge is 0.383 e. The van der Waals surface area contributed by atoms with Gasteiger partial charge in [-0.15, -0.1) is 0 Å². The van der Waals surface area contributed by atoms with Gasteiger partial charge < -0.3 is 10.3 Å². The smallest absolute Gasteiger partial charge is 0.131 e. The number of nitrogens with zero attached hydrogens (tertiary/aromatic N) is 3. The van der Waals surface area contributed by atoms with E-state index in [0.29, 0.717) is 11.4 Å². The Labute approximate surface area is 107 Å². The molecule has 0 atom stereocenters. The molecular formula is C14H16N4. The van der Waals surface area contributed by atoms with Gasteiger partial charge in [-0.3, -0.25) is 0 Å². The highest BCUT2D eigenvalue weighted by molar-refractivity contribution is 5.71. The normalized spacial score (nSPS) is 10.3. The molecule has 0 aliphatic carbocycles. The van der Waals surface area contributed by atoms with E-state index < -0.39 is 0 Å². The Bertz CT molecular complexity index is 587. The van der Waals surface area contributed by atoms with Crippen LogP contribution in [0.4, 0.5) is 5.82 Å². The quantitative estimate of drug-likeness (QED) is 0.896. The van der Waals surface area contributed by atoms with Crippen LogP contribution in [0.3, 0.4) is 0 Å². The van der Waals surface area contributed by atoms with Gasteiger partial charge in [0.15, 0.2) is 0 Å². The van der Waals surface area contributed by atoms with Gasteiger partial charge in [-0.2, -0.15) is 5.26 Å². The van der Waals surface area contributed by atoms with Crippen LogP contribution in [-0.2, 0) is 6.54 Å². The molecule has 18 heavy (non-hydrogen) atoms. The van der Waals surface area contributed by atoms with Gasteiger partial charge in [0.05, 0.1) is 11.6 Å². The SMILES string of the molecule is CCCn1c(C)nc(-c2ccc(C#N)cc2)c1N. The summed E-state index contributed by atoms with van der Waals surface area (Å²) in [6.07, 6.45) is 1.02. The molecule has 0 aliphatic rings. The van der Waals surface area contributed by atoms with E-state index in [1.807, 2.05) is 23.6 Å². The van der Waals surface area contributed by atoms with Crippen LogP contribution in [0.1, 0.15) is 24.7 Å². The maximum Gasteiger partial charge on any atom is 0.131 e. The zero-order valence-electron chi connectivity index (χ0n) is 10.6. The van der Waals surface area contributed by atoms with Crippen LogP contribution in [0.5, 0.6) is 0 Å². The minimum Gasteiger partial charge on any atom is -0.383 e. The minimum absolute atomic E-state index is 0.641. The molecule has 0 unspecified atom stereocenters. The minimum atomic E-state index is 0.641. The summed E-state index contributed by atoms with van der Waals surface area (Å²) < 4.78 is 2.02. The van der Waals surface area contributed by atoms with Gasteiger partial charge in [0.1, 0.15) is 17.3 Å². The molecule has 0 fully saturated rings. The third kappa shape index (κ3) is 2.07. The molecule has 2 N–H and O–H groups in total. The summed E-state index contributed by atoms with van der Waals surface area (Å²) in [6, 6.07) is 9.43. The molecule has 0 radical (unpaired) electrons. The van der Waals surface area contributed by atoms with Crippen molar-refractivity contribution in [3.63, 3.8) is 0 Å². The Balaban J connectivity index is 2.44. The molecule has 1 aromatic heterocycles. The molecule has 0 saturated heterocycles. The molecule has 0 amide bonds. The van der Waals surface area contributed by atoms with Gasteiger partial charge in [-0.25, -0.2) is 4.98 Å². The highest BCUT2D eigenvalue weighted by atomic mass is 15.1. The van der Waals surface area contributed by atoms with E-state index >= 15 is 0 Å². The summed E-state index contributed by atoms with van der Waals surface area (Å²) >= 11 is 0. The summed E-state index contributed by atoms with van der Waals surface area (Å²) in [7, 11) is 0. The summed E-state index contributed by atoms with van der Waals surface area (Å²) in [4.78, 5) is 4.51.